The number of fused-ring (bicyclic) bond motifs is 2. The Hall–Kier alpha value is -2.70. The zero-order valence-corrected chi connectivity index (χ0v) is 15.9. The minimum absolute atomic E-state index is 0.0466. The van der Waals surface area contributed by atoms with Crippen LogP contribution in [-0.2, 0) is 24.2 Å². The molecule has 0 saturated heterocycles. The summed E-state index contributed by atoms with van der Waals surface area (Å²) in [5.41, 5.74) is 5.62. The van der Waals surface area contributed by atoms with E-state index in [9.17, 15) is 9.90 Å². The highest BCUT2D eigenvalue weighted by Gasteiger charge is 2.18. The zero-order chi connectivity index (χ0) is 19.3. The van der Waals surface area contributed by atoms with Crippen LogP contribution in [0.15, 0.2) is 48.7 Å². The van der Waals surface area contributed by atoms with E-state index >= 15 is 0 Å². The van der Waals surface area contributed by atoms with Crippen molar-refractivity contribution < 1.29 is 9.90 Å². The van der Waals surface area contributed by atoms with E-state index in [0.29, 0.717) is 19.4 Å². The number of rotatable bonds is 7. The quantitative estimate of drug-likeness (QED) is 0.588. The van der Waals surface area contributed by atoms with Gasteiger partial charge in [-0.1, -0.05) is 24.3 Å². The number of carbonyl (C=O) groups excluding carboxylic acids is 1. The molecule has 1 unspecified atom stereocenters. The summed E-state index contributed by atoms with van der Waals surface area (Å²) in [6.45, 7) is 2.65. The second-order valence-corrected chi connectivity index (χ2v) is 7.44. The van der Waals surface area contributed by atoms with Crippen LogP contribution in [0, 0.1) is 0 Å². The van der Waals surface area contributed by atoms with Gasteiger partial charge in [-0.2, -0.15) is 0 Å². The van der Waals surface area contributed by atoms with Gasteiger partial charge in [-0.3, -0.25) is 14.7 Å². The van der Waals surface area contributed by atoms with Gasteiger partial charge in [0.15, 0.2) is 0 Å². The maximum atomic E-state index is 12.1. The number of pyridine rings is 1. The third-order valence-electron chi connectivity index (χ3n) is 5.28. The molecule has 1 aromatic carbocycles. The van der Waals surface area contributed by atoms with E-state index in [2.05, 4.69) is 44.5 Å². The molecule has 3 aromatic rings. The van der Waals surface area contributed by atoms with Crippen molar-refractivity contribution in [1.29, 1.82) is 0 Å². The first-order valence-electron chi connectivity index (χ1n) is 9.84. The predicted molar refractivity (Wildman–Crippen MR) is 109 cm³/mol. The number of nitrogens with one attached hydrogen (secondary N) is 2. The first-order chi connectivity index (χ1) is 13.7. The molecule has 1 atom stereocenters. The van der Waals surface area contributed by atoms with Gasteiger partial charge in [-0.05, 0) is 42.2 Å². The Morgan fingerprint density at radius 2 is 2.11 bits per heavy atom. The van der Waals surface area contributed by atoms with Crippen molar-refractivity contribution in [2.75, 3.05) is 19.6 Å². The Morgan fingerprint density at radius 1 is 1.25 bits per heavy atom. The molecular weight excluding hydrogens is 352 g/mol. The van der Waals surface area contributed by atoms with E-state index in [1.165, 1.54) is 11.1 Å². The molecule has 3 heterocycles. The molecule has 3 N–H and O–H groups in total. The summed E-state index contributed by atoms with van der Waals surface area (Å²) in [7, 11) is 0. The van der Waals surface area contributed by atoms with E-state index in [1.54, 1.807) is 6.20 Å². The largest absolute Gasteiger partial charge is 0.390 e. The number of nitrogens with zero attached hydrogens (tertiary/aromatic N) is 2. The van der Waals surface area contributed by atoms with Gasteiger partial charge in [0, 0.05) is 44.5 Å². The van der Waals surface area contributed by atoms with Crippen molar-refractivity contribution in [1.82, 2.24) is 20.2 Å². The van der Waals surface area contributed by atoms with Crippen molar-refractivity contribution in [2.45, 2.75) is 31.9 Å². The molecule has 6 nitrogen and oxygen atoms in total. The average molecular weight is 378 g/mol. The van der Waals surface area contributed by atoms with Gasteiger partial charge in [0.2, 0.25) is 5.91 Å². The molecule has 1 aliphatic rings. The number of aromatic nitrogens is 2. The van der Waals surface area contributed by atoms with E-state index < -0.39 is 6.10 Å². The highest BCUT2D eigenvalue weighted by molar-refractivity contribution is 5.78. The first-order valence-corrected chi connectivity index (χ1v) is 9.84. The third-order valence-corrected chi connectivity index (χ3v) is 5.28. The van der Waals surface area contributed by atoms with Crippen LogP contribution in [0.25, 0.3) is 11.0 Å². The van der Waals surface area contributed by atoms with Crippen molar-refractivity contribution in [2.24, 2.45) is 0 Å². The topological polar surface area (TPSA) is 81.2 Å². The number of hydrogen-bond donors (Lipinski definition) is 3. The van der Waals surface area contributed by atoms with Gasteiger partial charge >= 0.3 is 0 Å². The Balaban J connectivity index is 1.19. The summed E-state index contributed by atoms with van der Waals surface area (Å²) < 4.78 is 0. The van der Waals surface area contributed by atoms with Gasteiger partial charge in [-0.15, -0.1) is 0 Å². The predicted octanol–water partition coefficient (Wildman–Crippen LogP) is 2.03. The molecule has 4 rings (SSSR count). The highest BCUT2D eigenvalue weighted by atomic mass is 16.3. The molecule has 0 fully saturated rings. The maximum absolute atomic E-state index is 12.1. The lowest BCUT2D eigenvalue weighted by Crippen LogP contribution is -2.42. The van der Waals surface area contributed by atoms with Crippen LogP contribution in [0.2, 0.25) is 0 Å². The Kier molecular flexibility index (Phi) is 5.69. The summed E-state index contributed by atoms with van der Waals surface area (Å²) in [6, 6.07) is 14.3. The lowest BCUT2D eigenvalue weighted by molar-refractivity contribution is -0.121. The molecule has 0 spiro atoms. The average Bonchev–Trinajstić information content (AvgIpc) is 3.14. The SMILES string of the molecule is O=C(CCc1cc2ncccc2[nH]1)NCC(O)CN1CCc2ccccc2C1. The smallest absolute Gasteiger partial charge is 0.220 e. The molecule has 28 heavy (non-hydrogen) atoms. The minimum atomic E-state index is -0.563. The molecule has 0 aliphatic carbocycles. The lowest BCUT2D eigenvalue weighted by Gasteiger charge is -2.30. The first kappa shape index (κ1) is 18.7. The number of aryl methyl sites for hydroxylation is 1. The van der Waals surface area contributed by atoms with Gasteiger partial charge < -0.3 is 15.4 Å². The summed E-state index contributed by atoms with van der Waals surface area (Å²) >= 11 is 0. The molecule has 1 aliphatic heterocycles. The second kappa shape index (κ2) is 8.54. The molecule has 146 valence electrons. The molecule has 2 aromatic heterocycles. The Morgan fingerprint density at radius 3 is 2.96 bits per heavy atom. The minimum Gasteiger partial charge on any atom is -0.390 e. The van der Waals surface area contributed by atoms with Crippen LogP contribution in [0.5, 0.6) is 0 Å². The van der Waals surface area contributed by atoms with Crippen LogP contribution in [0.4, 0.5) is 0 Å². The standard InChI is InChI=1S/C22H26N4O2/c27-19(15-26-11-9-16-4-1-2-5-17(16)14-26)13-24-22(28)8-7-18-12-21-20(25-18)6-3-10-23-21/h1-6,10,12,19,25,27H,7-9,11,13-15H2,(H,24,28). The number of aliphatic hydroxyl groups is 1. The Labute approximate surface area is 164 Å². The van der Waals surface area contributed by atoms with Gasteiger partial charge in [0.05, 0.1) is 17.1 Å². The number of carbonyl (C=O) groups is 1. The van der Waals surface area contributed by atoms with Crippen molar-refractivity contribution in [3.63, 3.8) is 0 Å². The second-order valence-electron chi connectivity index (χ2n) is 7.44. The number of aliphatic hydroxyl groups excluding tert-OH is 1. The fourth-order valence-electron chi connectivity index (χ4n) is 3.79. The highest BCUT2D eigenvalue weighted by Crippen LogP contribution is 2.18. The summed E-state index contributed by atoms with van der Waals surface area (Å²) in [4.78, 5) is 21.9. The summed E-state index contributed by atoms with van der Waals surface area (Å²) in [5.74, 6) is -0.0466. The van der Waals surface area contributed by atoms with Gasteiger partial charge in [0.25, 0.3) is 0 Å². The van der Waals surface area contributed by atoms with Crippen LogP contribution in [-0.4, -0.2) is 51.6 Å². The molecule has 6 heteroatoms. The molecular formula is C22H26N4O2. The normalized spacial score (nSPS) is 15.3. The van der Waals surface area contributed by atoms with Crippen molar-refractivity contribution >= 4 is 16.9 Å². The van der Waals surface area contributed by atoms with E-state index in [-0.39, 0.29) is 12.5 Å². The monoisotopic (exact) mass is 378 g/mol. The van der Waals surface area contributed by atoms with Crippen LogP contribution < -0.4 is 5.32 Å². The van der Waals surface area contributed by atoms with E-state index in [0.717, 1.165) is 36.2 Å². The van der Waals surface area contributed by atoms with Crippen molar-refractivity contribution in [3.05, 3.63) is 65.5 Å². The molecule has 1 amide bonds. The number of benzene rings is 1. The number of aromatic amines is 1. The van der Waals surface area contributed by atoms with Gasteiger partial charge in [-0.25, -0.2) is 0 Å². The third kappa shape index (κ3) is 4.58. The molecule has 0 saturated carbocycles. The molecule has 0 bridgehead atoms. The summed E-state index contributed by atoms with van der Waals surface area (Å²) in [6.07, 6.45) is 3.22. The zero-order valence-electron chi connectivity index (χ0n) is 15.9. The van der Waals surface area contributed by atoms with E-state index in [1.807, 2.05) is 18.2 Å². The van der Waals surface area contributed by atoms with Crippen LogP contribution in [0.1, 0.15) is 23.2 Å². The van der Waals surface area contributed by atoms with Crippen LogP contribution in [0.3, 0.4) is 0 Å². The fraction of sp³-hybridized carbons (Fsp3) is 0.364. The number of amides is 1. The number of H-pyrrole nitrogens is 1. The van der Waals surface area contributed by atoms with Gasteiger partial charge in [0.1, 0.15) is 0 Å². The van der Waals surface area contributed by atoms with Crippen LogP contribution >= 0.6 is 0 Å². The maximum Gasteiger partial charge on any atom is 0.220 e. The number of β-amino-alcohol motifs (C(OH)–C–C–N with tert-alkyl or cyclic N) is 1. The number of hydrogen-bond acceptors (Lipinski definition) is 4. The summed E-state index contributed by atoms with van der Waals surface area (Å²) in [5, 5.41) is 13.2. The fourth-order valence-corrected chi connectivity index (χ4v) is 3.79. The lowest BCUT2D eigenvalue weighted by atomic mass is 10.00. The van der Waals surface area contributed by atoms with Crippen molar-refractivity contribution in [3.8, 4) is 0 Å². The molecule has 0 radical (unpaired) electrons. The Bertz CT molecular complexity index is 919. The van der Waals surface area contributed by atoms with E-state index in [4.69, 9.17) is 0 Å².